The number of likely N-dealkylation sites (tertiary alicyclic amines) is 1. The van der Waals surface area contributed by atoms with E-state index in [1.54, 1.807) is 20.1 Å². The van der Waals surface area contributed by atoms with E-state index in [-0.39, 0.29) is 17.4 Å². The summed E-state index contributed by atoms with van der Waals surface area (Å²) in [5.74, 6) is 0.533. The summed E-state index contributed by atoms with van der Waals surface area (Å²) in [5.41, 5.74) is 7.51. The first kappa shape index (κ1) is 29.3. The number of sulfonamides is 1. The molecule has 218 valence electrons. The highest BCUT2D eigenvalue weighted by molar-refractivity contribution is 7.89. The van der Waals surface area contributed by atoms with Gasteiger partial charge in [-0.1, -0.05) is 42.5 Å². The molecular weight excluding hydrogens is 538 g/mol. The van der Waals surface area contributed by atoms with Gasteiger partial charge in [0.05, 0.1) is 17.2 Å². The molecule has 5 rings (SSSR count). The molecule has 8 nitrogen and oxygen atoms in total. The van der Waals surface area contributed by atoms with E-state index < -0.39 is 10.0 Å². The lowest BCUT2D eigenvalue weighted by atomic mass is 9.82. The van der Waals surface area contributed by atoms with Gasteiger partial charge in [-0.2, -0.15) is 0 Å². The molecule has 2 aliphatic heterocycles. The van der Waals surface area contributed by atoms with E-state index in [4.69, 9.17) is 9.47 Å². The molecule has 0 aromatic heterocycles. The number of carbonyl (C=O) groups excluding carboxylic acids is 1. The van der Waals surface area contributed by atoms with Crippen molar-refractivity contribution in [3.8, 4) is 16.9 Å². The molecule has 0 radical (unpaired) electrons. The second-order valence-corrected chi connectivity index (χ2v) is 12.8. The summed E-state index contributed by atoms with van der Waals surface area (Å²) >= 11 is 0. The molecule has 0 spiro atoms. The SMILES string of the molecule is COC[C@@H]1C(c2ccc(-c3cccc(C)c3C)cc2)CN1CCCCNS(=O)(=O)c1cc2c(cc1C)NC(=O)CO2. The molecular formula is C32H39N3O5S. The van der Waals surface area contributed by atoms with Gasteiger partial charge in [0, 0.05) is 38.2 Å². The highest BCUT2D eigenvalue weighted by Crippen LogP contribution is 2.36. The summed E-state index contributed by atoms with van der Waals surface area (Å²) in [6.45, 7) is 8.78. The summed E-state index contributed by atoms with van der Waals surface area (Å²) in [6.07, 6.45) is 1.60. The number of hydrogen-bond donors (Lipinski definition) is 2. The van der Waals surface area contributed by atoms with Crippen molar-refractivity contribution >= 4 is 21.6 Å². The fraction of sp³-hybridized carbons (Fsp3) is 0.406. The first-order valence-corrected chi connectivity index (χ1v) is 15.6. The van der Waals surface area contributed by atoms with E-state index in [9.17, 15) is 13.2 Å². The van der Waals surface area contributed by atoms with E-state index in [0.717, 1.165) is 25.9 Å². The van der Waals surface area contributed by atoms with Gasteiger partial charge in [-0.3, -0.25) is 9.69 Å². The summed E-state index contributed by atoms with van der Waals surface area (Å²) in [5, 5.41) is 2.71. The Labute approximate surface area is 243 Å². The molecule has 3 aromatic rings. The van der Waals surface area contributed by atoms with Crippen LogP contribution in [0.25, 0.3) is 11.1 Å². The third-order valence-corrected chi connectivity index (χ3v) is 9.92. The topological polar surface area (TPSA) is 97.0 Å². The quantitative estimate of drug-likeness (QED) is 0.319. The Hall–Kier alpha value is -3.24. The van der Waals surface area contributed by atoms with Crippen molar-refractivity contribution < 1.29 is 22.7 Å². The first-order chi connectivity index (χ1) is 19.7. The molecule has 9 heteroatoms. The normalized spacial score (nSPS) is 18.8. The van der Waals surface area contributed by atoms with Gasteiger partial charge < -0.3 is 14.8 Å². The van der Waals surface area contributed by atoms with Gasteiger partial charge in [0.15, 0.2) is 6.61 Å². The Morgan fingerprint density at radius 3 is 2.59 bits per heavy atom. The van der Waals surface area contributed by atoms with Crippen LogP contribution >= 0.6 is 0 Å². The lowest BCUT2D eigenvalue weighted by molar-refractivity contribution is -0.118. The van der Waals surface area contributed by atoms with Crippen LogP contribution in [0.3, 0.4) is 0 Å². The van der Waals surface area contributed by atoms with Crippen molar-refractivity contribution in [1.29, 1.82) is 0 Å². The fourth-order valence-corrected chi connectivity index (χ4v) is 7.12. The minimum atomic E-state index is -3.70. The number of rotatable bonds is 11. The van der Waals surface area contributed by atoms with Gasteiger partial charge >= 0.3 is 0 Å². The molecule has 1 amide bonds. The highest BCUT2D eigenvalue weighted by Gasteiger charge is 2.39. The molecule has 0 bridgehead atoms. The smallest absolute Gasteiger partial charge is 0.262 e. The second kappa shape index (κ2) is 12.3. The molecule has 1 fully saturated rings. The molecule has 1 saturated heterocycles. The van der Waals surface area contributed by atoms with Crippen LogP contribution in [-0.2, 0) is 19.6 Å². The molecule has 1 unspecified atom stereocenters. The highest BCUT2D eigenvalue weighted by atomic mass is 32.2. The number of fused-ring (bicyclic) bond motifs is 1. The van der Waals surface area contributed by atoms with Crippen LogP contribution in [0, 0.1) is 20.8 Å². The predicted octanol–water partition coefficient (Wildman–Crippen LogP) is 4.78. The monoisotopic (exact) mass is 577 g/mol. The van der Waals surface area contributed by atoms with Crippen molar-refractivity contribution in [3.05, 3.63) is 76.9 Å². The third-order valence-electron chi connectivity index (χ3n) is 8.32. The summed E-state index contributed by atoms with van der Waals surface area (Å²) in [4.78, 5) is 14.1. The number of nitrogens with zero attached hydrogens (tertiary/aromatic N) is 1. The number of ether oxygens (including phenoxy) is 2. The molecule has 2 N–H and O–H groups in total. The zero-order chi connectivity index (χ0) is 29.1. The van der Waals surface area contributed by atoms with Crippen molar-refractivity contribution in [2.24, 2.45) is 0 Å². The Kier molecular flexibility index (Phi) is 8.79. The van der Waals surface area contributed by atoms with Gasteiger partial charge in [-0.25, -0.2) is 13.1 Å². The largest absolute Gasteiger partial charge is 0.482 e. The van der Waals surface area contributed by atoms with Crippen molar-refractivity contribution in [1.82, 2.24) is 9.62 Å². The summed E-state index contributed by atoms with van der Waals surface area (Å²) in [6, 6.07) is 18.8. The van der Waals surface area contributed by atoms with E-state index >= 15 is 0 Å². The van der Waals surface area contributed by atoms with Crippen molar-refractivity contribution in [3.63, 3.8) is 0 Å². The summed E-state index contributed by atoms with van der Waals surface area (Å²) in [7, 11) is -1.96. The number of carbonyl (C=O) groups is 1. The van der Waals surface area contributed by atoms with Crippen LogP contribution in [-0.4, -0.2) is 65.2 Å². The molecule has 41 heavy (non-hydrogen) atoms. The molecule has 0 saturated carbocycles. The van der Waals surface area contributed by atoms with Crippen LogP contribution in [0.2, 0.25) is 0 Å². The Morgan fingerprint density at radius 2 is 1.83 bits per heavy atom. The Balaban J connectivity index is 1.12. The maximum atomic E-state index is 13.0. The first-order valence-electron chi connectivity index (χ1n) is 14.1. The number of anilines is 1. The standard InChI is InChI=1S/C32H39N3O5S/c1-21-8-7-9-26(23(21)3)24-10-12-25(13-11-24)27-18-35(29(27)19-39-4)15-6-5-14-33-41(37,38)31-17-30-28(16-22(31)2)34-32(36)20-40-30/h7-13,16-17,27,29,33H,5-6,14-15,18-20H2,1-4H3,(H,34,36)/t27?,29-/m1/s1. The maximum Gasteiger partial charge on any atom is 0.262 e. The van der Waals surface area contributed by atoms with Crippen LogP contribution in [0.1, 0.15) is 41.0 Å². The van der Waals surface area contributed by atoms with Crippen LogP contribution in [0.5, 0.6) is 5.75 Å². The van der Waals surface area contributed by atoms with Crippen LogP contribution in [0.4, 0.5) is 5.69 Å². The number of nitrogens with one attached hydrogen (secondary N) is 2. The number of benzene rings is 3. The number of methoxy groups -OCH3 is 1. The van der Waals surface area contributed by atoms with Crippen molar-refractivity contribution in [2.75, 3.05) is 45.3 Å². The van der Waals surface area contributed by atoms with E-state index in [1.165, 1.54) is 33.9 Å². The van der Waals surface area contributed by atoms with Gasteiger partial charge in [0.25, 0.3) is 5.91 Å². The lowest BCUT2D eigenvalue weighted by Gasteiger charge is -2.48. The van der Waals surface area contributed by atoms with Gasteiger partial charge in [0.1, 0.15) is 5.75 Å². The van der Waals surface area contributed by atoms with E-state index in [2.05, 4.69) is 71.3 Å². The fourth-order valence-electron chi connectivity index (χ4n) is 5.81. The zero-order valence-corrected chi connectivity index (χ0v) is 25.0. The molecule has 2 aliphatic rings. The maximum absolute atomic E-state index is 13.0. The van der Waals surface area contributed by atoms with E-state index in [0.29, 0.717) is 42.1 Å². The minimum absolute atomic E-state index is 0.122. The molecule has 2 heterocycles. The molecule has 2 atom stereocenters. The van der Waals surface area contributed by atoms with Crippen molar-refractivity contribution in [2.45, 2.75) is 50.5 Å². The number of hydrogen-bond acceptors (Lipinski definition) is 6. The van der Waals surface area contributed by atoms with Gasteiger partial charge in [0.2, 0.25) is 10.0 Å². The van der Waals surface area contributed by atoms with E-state index in [1.807, 2.05) is 0 Å². The predicted molar refractivity (Wildman–Crippen MR) is 161 cm³/mol. The summed E-state index contributed by atoms with van der Waals surface area (Å²) < 4.78 is 39.6. The third kappa shape index (κ3) is 6.33. The van der Waals surface area contributed by atoms with Gasteiger partial charge in [-0.05, 0) is 79.6 Å². The molecule has 0 aliphatic carbocycles. The average molecular weight is 578 g/mol. The van der Waals surface area contributed by atoms with Crippen LogP contribution < -0.4 is 14.8 Å². The number of aryl methyl sites for hydroxylation is 2. The Bertz CT molecular complexity index is 1520. The number of unbranched alkanes of at least 4 members (excludes halogenated alkanes) is 1. The minimum Gasteiger partial charge on any atom is -0.482 e. The molecule has 3 aromatic carbocycles. The zero-order valence-electron chi connectivity index (χ0n) is 24.2. The lowest BCUT2D eigenvalue weighted by Crippen LogP contribution is -2.56. The second-order valence-electron chi connectivity index (χ2n) is 11.0. The Morgan fingerprint density at radius 1 is 1.05 bits per heavy atom. The van der Waals surface area contributed by atoms with Crippen LogP contribution in [0.15, 0.2) is 59.5 Å². The van der Waals surface area contributed by atoms with Gasteiger partial charge in [-0.15, -0.1) is 0 Å². The average Bonchev–Trinajstić information content (AvgIpc) is 2.94. The number of amides is 1.